The summed E-state index contributed by atoms with van der Waals surface area (Å²) in [4.78, 5) is 20.2. The topological polar surface area (TPSA) is 91.0 Å². The number of rotatable bonds is 10. The Kier molecular flexibility index (Phi) is 17.1. The van der Waals surface area contributed by atoms with Crippen molar-refractivity contribution in [2.24, 2.45) is 9.98 Å². The minimum Gasteiger partial charge on any atom is -0.507 e. The third kappa shape index (κ3) is 12.7. The van der Waals surface area contributed by atoms with Crippen LogP contribution < -0.4 is 0 Å². The van der Waals surface area contributed by atoms with Crippen molar-refractivity contribution < 1.29 is 31.3 Å². The summed E-state index contributed by atoms with van der Waals surface area (Å²) in [6.45, 7) is 13.0. The fourth-order valence-electron chi connectivity index (χ4n) is 11.2. The normalized spacial score (nSPS) is 11.8. The van der Waals surface area contributed by atoms with Crippen molar-refractivity contribution in [3.8, 4) is 77.1 Å². The Labute approximate surface area is 542 Å². The number of thiazole rings is 2. The van der Waals surface area contributed by atoms with Crippen molar-refractivity contribution in [1.29, 1.82) is 0 Å². The van der Waals surface area contributed by atoms with Gasteiger partial charge in [-0.15, -0.1) is 58.6 Å². The molecule has 0 unspecified atom stereocenters. The van der Waals surface area contributed by atoms with E-state index in [1.54, 1.807) is 47.2 Å². The van der Waals surface area contributed by atoms with E-state index in [0.717, 1.165) is 91.9 Å². The molecule has 0 saturated carbocycles. The van der Waals surface area contributed by atoms with Gasteiger partial charge >= 0.3 is 0 Å². The molecule has 12 aromatic carbocycles. The van der Waals surface area contributed by atoms with Gasteiger partial charge in [0.15, 0.2) is 0 Å². The zero-order valence-electron chi connectivity index (χ0n) is 50.1. The Bertz CT molecular complexity index is 4650. The van der Waals surface area contributed by atoms with Gasteiger partial charge in [0.2, 0.25) is 0 Å². The molecule has 9 heteroatoms. The predicted octanol–water partition coefficient (Wildman–Crippen LogP) is 22.2. The van der Waals surface area contributed by atoms with Crippen LogP contribution in [0.15, 0.2) is 259 Å². The van der Waals surface area contributed by atoms with Gasteiger partial charge in [-0.05, 0) is 138 Å². The van der Waals surface area contributed by atoms with Crippen LogP contribution in [-0.4, -0.2) is 32.6 Å². The number of aliphatic imine (C=N–C) groups is 2. The Morgan fingerprint density at radius 3 is 1.31 bits per heavy atom. The smallest absolute Gasteiger partial charge is 0.126 e. The van der Waals surface area contributed by atoms with Crippen LogP contribution in [0.2, 0.25) is 0 Å². The van der Waals surface area contributed by atoms with Gasteiger partial charge in [-0.3, -0.25) is 9.98 Å². The summed E-state index contributed by atoms with van der Waals surface area (Å²) in [6, 6.07) is 88.7. The van der Waals surface area contributed by atoms with E-state index in [0.29, 0.717) is 11.1 Å². The van der Waals surface area contributed by atoms with Crippen LogP contribution in [0.1, 0.15) is 63.8 Å². The quantitative estimate of drug-likeness (QED) is 0.105. The van der Waals surface area contributed by atoms with Gasteiger partial charge in [-0.1, -0.05) is 205 Å². The van der Waals surface area contributed by atoms with Crippen molar-refractivity contribution >= 4 is 88.5 Å². The van der Waals surface area contributed by atoms with Gasteiger partial charge in [0, 0.05) is 71.5 Å². The number of aromatic hydroxyl groups is 2. The summed E-state index contributed by atoms with van der Waals surface area (Å²) in [5.74, 6) is 0.427. The zero-order chi connectivity index (χ0) is 60.5. The number of phenols is 2. The first-order chi connectivity index (χ1) is 42.7. The number of phenolic OH excluding ortho intramolecular Hbond substituents is 2. The summed E-state index contributed by atoms with van der Waals surface area (Å²) in [7, 11) is 0. The summed E-state index contributed by atoms with van der Waals surface area (Å²) in [5.41, 5.74) is 18.1. The summed E-state index contributed by atoms with van der Waals surface area (Å²) in [6.07, 6.45) is 3.50. The molecular formula is C80H63N4O2PtS2-. The molecule has 0 atom stereocenters. The van der Waals surface area contributed by atoms with Crippen molar-refractivity contribution in [2.75, 3.05) is 0 Å². The van der Waals surface area contributed by atoms with Gasteiger partial charge < -0.3 is 10.2 Å². The van der Waals surface area contributed by atoms with Crippen molar-refractivity contribution in [3.05, 3.63) is 277 Å². The molecular weight excluding hydrogens is 1310 g/mol. The van der Waals surface area contributed by atoms with Crippen LogP contribution in [-0.2, 0) is 31.9 Å². The van der Waals surface area contributed by atoms with Gasteiger partial charge in [0.25, 0.3) is 0 Å². The third-order valence-corrected chi connectivity index (χ3v) is 18.1. The number of para-hydroxylation sites is 2. The van der Waals surface area contributed by atoms with Crippen molar-refractivity contribution in [2.45, 2.75) is 52.4 Å². The fraction of sp³-hybridized carbons (Fsp3) is 0.100. The fourth-order valence-corrected chi connectivity index (χ4v) is 13.4. The average Bonchev–Trinajstić information content (AvgIpc) is 2.43. The Morgan fingerprint density at radius 1 is 0.393 bits per heavy atom. The molecule has 0 bridgehead atoms. The molecule has 14 rings (SSSR count). The van der Waals surface area contributed by atoms with E-state index >= 15 is 0 Å². The molecule has 0 aliphatic heterocycles. The van der Waals surface area contributed by atoms with Crippen LogP contribution in [0.5, 0.6) is 11.5 Å². The average molecular weight is 1370 g/mol. The second-order valence-electron chi connectivity index (χ2n) is 24.1. The summed E-state index contributed by atoms with van der Waals surface area (Å²) < 4.78 is 2.23. The Morgan fingerprint density at radius 2 is 0.820 bits per heavy atom. The molecule has 2 aromatic heterocycles. The molecule has 2 N–H and O–H groups in total. The molecule has 0 fully saturated rings. The first-order valence-corrected chi connectivity index (χ1v) is 31.2. The maximum Gasteiger partial charge on any atom is 0.126 e. The standard InChI is InChI=1S/C40H32N2OS.C40H31N2OS.Pt/c2*1-40(2,3)30-20-21-36(43)29(22-30)25-41-35-19-10-9-17-33(35)39-42-38-34(27-12-5-4-6-13-27)23-28(24-37(38)44-39)32-18-11-15-26-14-7-8-16-31(26)32;/h4-25,43H,1-3H3;4-12,14-25,43H,1-3H3;/q;-1;. The molecule has 0 aliphatic rings. The van der Waals surface area contributed by atoms with Crippen LogP contribution in [0, 0.1) is 6.07 Å². The monoisotopic (exact) mass is 1370 g/mol. The third-order valence-electron chi connectivity index (χ3n) is 16.0. The van der Waals surface area contributed by atoms with Crippen LogP contribution in [0.4, 0.5) is 11.4 Å². The largest absolute Gasteiger partial charge is 0.507 e. The first kappa shape index (κ1) is 59.9. The molecule has 14 aromatic rings. The number of hydrogen-bond donors (Lipinski definition) is 2. The first-order valence-electron chi connectivity index (χ1n) is 29.5. The van der Waals surface area contributed by atoms with Gasteiger partial charge in [-0.25, -0.2) is 9.97 Å². The van der Waals surface area contributed by atoms with Crippen LogP contribution >= 0.6 is 22.7 Å². The molecule has 89 heavy (non-hydrogen) atoms. The molecule has 438 valence electrons. The van der Waals surface area contributed by atoms with E-state index in [1.807, 2.05) is 84.9 Å². The maximum atomic E-state index is 10.6. The summed E-state index contributed by atoms with van der Waals surface area (Å²) in [5, 5.41) is 27.9. The van der Waals surface area contributed by atoms with Gasteiger partial charge in [0.1, 0.15) is 21.5 Å². The van der Waals surface area contributed by atoms with Crippen molar-refractivity contribution in [1.82, 2.24) is 9.97 Å². The van der Waals surface area contributed by atoms with Crippen LogP contribution in [0.3, 0.4) is 0 Å². The zero-order valence-corrected chi connectivity index (χ0v) is 54.0. The molecule has 0 spiro atoms. The Balaban J connectivity index is 0.000000171. The van der Waals surface area contributed by atoms with Gasteiger partial charge in [0.05, 0.1) is 21.6 Å². The predicted molar refractivity (Wildman–Crippen MR) is 374 cm³/mol. The molecule has 0 radical (unpaired) electrons. The Hall–Kier alpha value is -9.43. The van der Waals surface area contributed by atoms with E-state index in [1.165, 1.54) is 38.2 Å². The number of nitrogens with zero attached hydrogens (tertiary/aromatic N) is 4. The van der Waals surface area contributed by atoms with E-state index in [9.17, 15) is 10.2 Å². The van der Waals surface area contributed by atoms with E-state index in [4.69, 9.17) is 20.0 Å². The minimum absolute atomic E-state index is 0. The summed E-state index contributed by atoms with van der Waals surface area (Å²) >= 11 is 3.35. The van der Waals surface area contributed by atoms with E-state index in [-0.39, 0.29) is 43.4 Å². The number of fused-ring (bicyclic) bond motifs is 4. The SMILES string of the molecule is CC(C)(C)c1ccc(O)c(C=Nc2ccccc2-c2nc3c(-c4[c-]cccc4)cc(-c4cccc5ccccc45)cc3s2)c1.CC(C)(C)c1ccc(O)c(C=Nc2ccccc2-c2nc3c(-c4ccccc4)cc(-c4cccc5ccccc45)cc3s2)c1.[Pt]. The van der Waals surface area contributed by atoms with E-state index in [2.05, 4.69) is 199 Å². The maximum absolute atomic E-state index is 10.6. The molecule has 0 aliphatic carbocycles. The molecule has 0 amide bonds. The molecule has 2 heterocycles. The van der Waals surface area contributed by atoms with Crippen LogP contribution in [0.25, 0.3) is 108 Å². The molecule has 0 saturated heterocycles. The minimum atomic E-state index is -0.0338. The number of aromatic nitrogens is 2. The second-order valence-corrected chi connectivity index (χ2v) is 26.1. The number of benzene rings is 12. The number of hydrogen-bond acceptors (Lipinski definition) is 8. The van der Waals surface area contributed by atoms with E-state index < -0.39 is 0 Å². The molecule has 6 nitrogen and oxygen atoms in total. The van der Waals surface area contributed by atoms with Gasteiger partial charge in [-0.2, -0.15) is 0 Å². The second kappa shape index (κ2) is 25.3. The van der Waals surface area contributed by atoms with Crippen molar-refractivity contribution in [3.63, 3.8) is 0 Å².